The zero-order valence-electron chi connectivity index (χ0n) is 17.8. The quantitative estimate of drug-likeness (QED) is 0.201. The standard InChI is InChI=1S/C26H20N2O5/c1-2-33-26(32)21(28-27-16-9-4-3-5-10-16)15-22(29)19-13-8-14-20-23(19)25(31)18-12-7-6-11-17(18)24(20)30/h3-14,27H,2,15H2,1H3/b28-21-. The van der Waals surface area contributed by atoms with Crippen LogP contribution in [0.1, 0.15) is 55.5 Å². The molecule has 0 unspecified atom stereocenters. The van der Waals surface area contributed by atoms with Gasteiger partial charge in [0.05, 0.1) is 18.7 Å². The van der Waals surface area contributed by atoms with Crippen LogP contribution in [0.2, 0.25) is 0 Å². The van der Waals surface area contributed by atoms with E-state index in [1.165, 1.54) is 12.1 Å². The molecule has 0 radical (unpaired) electrons. The van der Waals surface area contributed by atoms with Crippen molar-refractivity contribution in [3.8, 4) is 0 Å². The van der Waals surface area contributed by atoms with E-state index in [2.05, 4.69) is 10.5 Å². The monoisotopic (exact) mass is 440 g/mol. The molecule has 3 aromatic carbocycles. The third kappa shape index (κ3) is 4.34. The van der Waals surface area contributed by atoms with Crippen molar-refractivity contribution in [2.24, 2.45) is 5.10 Å². The van der Waals surface area contributed by atoms with Gasteiger partial charge in [-0.05, 0) is 19.1 Å². The molecule has 0 heterocycles. The van der Waals surface area contributed by atoms with Crippen LogP contribution in [0.25, 0.3) is 0 Å². The van der Waals surface area contributed by atoms with Crippen molar-refractivity contribution in [2.75, 3.05) is 12.0 Å². The van der Waals surface area contributed by atoms with Crippen LogP contribution in [0, 0.1) is 0 Å². The molecule has 7 nitrogen and oxygen atoms in total. The smallest absolute Gasteiger partial charge is 0.354 e. The zero-order chi connectivity index (χ0) is 23.4. The molecule has 4 rings (SSSR count). The Morgan fingerprint density at radius 2 is 1.45 bits per heavy atom. The SMILES string of the molecule is CCOC(=O)/C(CC(=O)c1cccc2c1C(=O)c1ccccc1C2=O)=N\Nc1ccccc1. The van der Waals surface area contributed by atoms with Gasteiger partial charge in [0.1, 0.15) is 0 Å². The van der Waals surface area contributed by atoms with Crippen LogP contribution < -0.4 is 5.43 Å². The van der Waals surface area contributed by atoms with Crippen molar-refractivity contribution >= 4 is 34.7 Å². The fourth-order valence-corrected chi connectivity index (χ4v) is 3.64. The molecule has 0 spiro atoms. The Balaban J connectivity index is 1.68. The van der Waals surface area contributed by atoms with E-state index in [9.17, 15) is 19.2 Å². The predicted octanol–water partition coefficient (Wildman–Crippen LogP) is 4.07. The van der Waals surface area contributed by atoms with Crippen molar-refractivity contribution < 1.29 is 23.9 Å². The number of esters is 1. The molecule has 3 aromatic rings. The number of ketones is 3. The Morgan fingerprint density at radius 1 is 0.818 bits per heavy atom. The van der Waals surface area contributed by atoms with E-state index in [0.717, 1.165) is 0 Å². The molecular formula is C26H20N2O5. The van der Waals surface area contributed by atoms with Gasteiger partial charge < -0.3 is 4.74 Å². The highest BCUT2D eigenvalue weighted by Crippen LogP contribution is 2.30. The Hall–Kier alpha value is -4.39. The molecule has 0 fully saturated rings. The van der Waals surface area contributed by atoms with Crippen molar-refractivity contribution in [1.82, 2.24) is 0 Å². The number of para-hydroxylation sites is 1. The van der Waals surface area contributed by atoms with E-state index >= 15 is 0 Å². The van der Waals surface area contributed by atoms with Gasteiger partial charge in [-0.25, -0.2) is 4.79 Å². The molecule has 1 N–H and O–H groups in total. The summed E-state index contributed by atoms with van der Waals surface area (Å²) in [5.41, 5.74) is 4.07. The minimum Gasteiger partial charge on any atom is -0.461 e. The number of Topliss-reactive ketones (excluding diaryl/α,β-unsaturated/α-hetero) is 1. The molecule has 0 bridgehead atoms. The number of hydrogen-bond donors (Lipinski definition) is 1. The summed E-state index contributed by atoms with van der Waals surface area (Å²) in [6, 6.07) is 20.0. The summed E-state index contributed by atoms with van der Waals surface area (Å²) in [5.74, 6) is -1.98. The van der Waals surface area contributed by atoms with E-state index in [1.54, 1.807) is 61.5 Å². The molecule has 33 heavy (non-hydrogen) atoms. The van der Waals surface area contributed by atoms with Gasteiger partial charge in [-0.1, -0.05) is 60.7 Å². The highest BCUT2D eigenvalue weighted by atomic mass is 16.5. The van der Waals surface area contributed by atoms with Crippen molar-refractivity contribution in [1.29, 1.82) is 0 Å². The number of rotatable bonds is 7. The lowest BCUT2D eigenvalue weighted by Gasteiger charge is -2.19. The van der Waals surface area contributed by atoms with Gasteiger partial charge in [-0.15, -0.1) is 0 Å². The van der Waals surface area contributed by atoms with Crippen molar-refractivity contribution in [2.45, 2.75) is 13.3 Å². The van der Waals surface area contributed by atoms with E-state index < -0.39 is 24.0 Å². The zero-order valence-corrected chi connectivity index (χ0v) is 17.8. The van der Waals surface area contributed by atoms with E-state index in [4.69, 9.17) is 4.74 Å². The molecule has 1 aliphatic carbocycles. The summed E-state index contributed by atoms with van der Waals surface area (Å²) in [4.78, 5) is 51.8. The molecule has 164 valence electrons. The number of hydrogen-bond acceptors (Lipinski definition) is 7. The second kappa shape index (κ2) is 9.40. The van der Waals surface area contributed by atoms with E-state index in [-0.39, 0.29) is 40.4 Å². The fourth-order valence-electron chi connectivity index (χ4n) is 3.64. The average Bonchev–Trinajstić information content (AvgIpc) is 2.85. The molecule has 0 saturated carbocycles. The topological polar surface area (TPSA) is 102 Å². The number of benzene rings is 3. The molecule has 0 amide bonds. The lowest BCUT2D eigenvalue weighted by molar-refractivity contribution is -0.135. The maximum absolute atomic E-state index is 13.2. The first-order chi connectivity index (χ1) is 16.0. The molecule has 1 aliphatic rings. The Labute approximate surface area is 190 Å². The van der Waals surface area contributed by atoms with Gasteiger partial charge in [-0.2, -0.15) is 5.10 Å². The molecule has 0 aliphatic heterocycles. The van der Waals surface area contributed by atoms with Crippen LogP contribution in [-0.4, -0.2) is 35.6 Å². The number of nitrogens with zero attached hydrogens (tertiary/aromatic N) is 1. The number of carbonyl (C=O) groups is 4. The molecule has 0 saturated heterocycles. The summed E-state index contributed by atoms with van der Waals surface area (Å²) in [5, 5.41) is 4.08. The highest BCUT2D eigenvalue weighted by molar-refractivity contribution is 6.41. The first-order valence-electron chi connectivity index (χ1n) is 10.4. The van der Waals surface area contributed by atoms with Crippen molar-refractivity contribution in [3.05, 3.63) is 101 Å². The molecule has 7 heteroatoms. The first kappa shape index (κ1) is 21.8. The normalized spacial score (nSPS) is 12.6. The number of fused-ring (bicyclic) bond motifs is 2. The second-order valence-electron chi connectivity index (χ2n) is 7.29. The fraction of sp³-hybridized carbons (Fsp3) is 0.115. The van der Waals surface area contributed by atoms with E-state index in [1.807, 2.05) is 6.07 Å². The van der Waals surface area contributed by atoms with Crippen molar-refractivity contribution in [3.63, 3.8) is 0 Å². The summed E-state index contributed by atoms with van der Waals surface area (Å²) in [6.07, 6.45) is -0.405. The molecule has 0 atom stereocenters. The van der Waals surface area contributed by atoms with Crippen LogP contribution in [0.3, 0.4) is 0 Å². The van der Waals surface area contributed by atoms with Gasteiger partial charge in [0, 0.05) is 27.8 Å². The van der Waals surface area contributed by atoms with Gasteiger partial charge in [0.2, 0.25) is 0 Å². The van der Waals surface area contributed by atoms with Crippen LogP contribution in [0.4, 0.5) is 5.69 Å². The summed E-state index contributed by atoms with van der Waals surface area (Å²) in [7, 11) is 0. The van der Waals surface area contributed by atoms with E-state index in [0.29, 0.717) is 11.3 Å². The van der Waals surface area contributed by atoms with Gasteiger partial charge in [0.25, 0.3) is 0 Å². The van der Waals surface area contributed by atoms with Gasteiger partial charge in [-0.3, -0.25) is 19.8 Å². The summed E-state index contributed by atoms with van der Waals surface area (Å²) in [6.45, 7) is 1.76. The molecule has 0 aromatic heterocycles. The number of anilines is 1. The van der Waals surface area contributed by atoms with Crippen LogP contribution >= 0.6 is 0 Å². The Bertz CT molecular complexity index is 1300. The van der Waals surface area contributed by atoms with Gasteiger partial charge in [0.15, 0.2) is 23.1 Å². The number of hydrazone groups is 1. The number of carbonyl (C=O) groups excluding carboxylic acids is 4. The maximum atomic E-state index is 13.2. The second-order valence-corrected chi connectivity index (χ2v) is 7.29. The third-order valence-corrected chi connectivity index (χ3v) is 5.19. The summed E-state index contributed by atoms with van der Waals surface area (Å²) < 4.78 is 5.04. The summed E-state index contributed by atoms with van der Waals surface area (Å²) >= 11 is 0. The third-order valence-electron chi connectivity index (χ3n) is 5.19. The van der Waals surface area contributed by atoms with Gasteiger partial charge >= 0.3 is 5.97 Å². The number of ether oxygens (including phenoxy) is 1. The largest absolute Gasteiger partial charge is 0.461 e. The predicted molar refractivity (Wildman–Crippen MR) is 123 cm³/mol. The van der Waals surface area contributed by atoms with Crippen LogP contribution in [0.15, 0.2) is 77.9 Å². The maximum Gasteiger partial charge on any atom is 0.354 e. The lowest BCUT2D eigenvalue weighted by Crippen LogP contribution is -2.26. The average molecular weight is 440 g/mol. The lowest BCUT2D eigenvalue weighted by atomic mass is 9.80. The Morgan fingerprint density at radius 3 is 2.15 bits per heavy atom. The highest BCUT2D eigenvalue weighted by Gasteiger charge is 2.33. The van der Waals surface area contributed by atoms with Crippen LogP contribution in [0.5, 0.6) is 0 Å². The first-order valence-corrected chi connectivity index (χ1v) is 10.4. The number of nitrogens with one attached hydrogen (secondary N) is 1. The minimum atomic E-state index is -0.744. The minimum absolute atomic E-state index is 0.0467. The van der Waals surface area contributed by atoms with Crippen LogP contribution in [-0.2, 0) is 9.53 Å². The molecular weight excluding hydrogens is 420 g/mol. The Kier molecular flexibility index (Phi) is 6.22.